The number of alkyl halides is 2. The molecule has 1 saturated carbocycles. The van der Waals surface area contributed by atoms with Gasteiger partial charge in [0.2, 0.25) is 0 Å². The standard InChI is InChI=1S/C24H20Cl2F2N2O7.H2O/c25-16-7-29-8-17(26)15(16)6-20(36-22(31)11-35-23(32)18-10-33-12-30-18)14-3-4-19(37-24(27)28)21(5-14)34-9-13-1-2-13;/h3-5,7-8,10,12-13,20,24H,1-2,6,9,11H2;1H2/t20-;/m0./s1. The Morgan fingerprint density at radius 3 is 2.53 bits per heavy atom. The molecule has 0 bridgehead atoms. The van der Waals surface area contributed by atoms with Crippen LogP contribution >= 0.6 is 23.2 Å². The van der Waals surface area contributed by atoms with Gasteiger partial charge in [-0.05, 0) is 36.5 Å². The van der Waals surface area contributed by atoms with Crippen LogP contribution in [0.2, 0.25) is 10.0 Å². The van der Waals surface area contributed by atoms with Crippen LogP contribution in [0.15, 0.2) is 47.7 Å². The summed E-state index contributed by atoms with van der Waals surface area (Å²) in [6.07, 6.45) is 6.11. The number of ether oxygens (including phenoxy) is 4. The first-order valence-electron chi connectivity index (χ1n) is 11.1. The zero-order valence-electron chi connectivity index (χ0n) is 19.6. The predicted octanol–water partition coefficient (Wildman–Crippen LogP) is 4.69. The summed E-state index contributed by atoms with van der Waals surface area (Å²) in [7, 11) is 0. The summed E-state index contributed by atoms with van der Waals surface area (Å²) in [6.45, 7) is -3.44. The van der Waals surface area contributed by atoms with Crippen LogP contribution < -0.4 is 14.5 Å². The summed E-state index contributed by atoms with van der Waals surface area (Å²) in [6, 6.07) is 4.21. The van der Waals surface area contributed by atoms with Gasteiger partial charge in [-0.2, -0.15) is 8.78 Å². The number of nitrogens with zero attached hydrogens (tertiary/aromatic N) is 1. The van der Waals surface area contributed by atoms with Crippen molar-refractivity contribution in [3.63, 3.8) is 0 Å². The summed E-state index contributed by atoms with van der Waals surface area (Å²) < 4.78 is 51.4. The lowest BCUT2D eigenvalue weighted by atomic mass is 10.0. The third-order valence-corrected chi connectivity index (χ3v) is 6.02. The molecule has 204 valence electrons. The smallest absolute Gasteiger partial charge is 0.387 e. The van der Waals surface area contributed by atoms with Gasteiger partial charge < -0.3 is 28.8 Å². The molecule has 0 saturated heterocycles. The number of halogens is 4. The summed E-state index contributed by atoms with van der Waals surface area (Å²) >= 11 is 12.6. The second-order valence-corrected chi connectivity index (χ2v) is 8.92. The Bertz CT molecular complexity index is 1220. The van der Waals surface area contributed by atoms with Crippen LogP contribution in [0.25, 0.3) is 0 Å². The van der Waals surface area contributed by atoms with Gasteiger partial charge in [0.25, 0.3) is 0 Å². The number of esters is 2. The molecule has 38 heavy (non-hydrogen) atoms. The Morgan fingerprint density at radius 1 is 1.16 bits per heavy atom. The van der Waals surface area contributed by atoms with Gasteiger partial charge in [-0.3, -0.25) is 0 Å². The van der Waals surface area contributed by atoms with Gasteiger partial charge >= 0.3 is 18.6 Å². The third-order valence-electron chi connectivity index (χ3n) is 5.35. The fourth-order valence-electron chi connectivity index (χ4n) is 3.31. The van der Waals surface area contributed by atoms with Crippen LogP contribution in [0.5, 0.6) is 11.5 Å². The SMILES string of the molecule is O=C(COC(=O)c1cocn1)O[C@@H](Cc1c(Cl)c[nH+]cc1Cl)c1ccc(OC(F)F)c(OCC2CC2)c1.[OH-]. The molecule has 0 spiro atoms. The molecule has 10 nitrogen and oxygen atoms in total. The molecule has 1 aliphatic rings. The summed E-state index contributed by atoms with van der Waals surface area (Å²) in [4.78, 5) is 31.0. The van der Waals surface area contributed by atoms with E-state index in [9.17, 15) is 18.4 Å². The molecule has 2 heterocycles. The van der Waals surface area contributed by atoms with E-state index >= 15 is 0 Å². The Hall–Kier alpha value is -3.48. The number of aromatic nitrogens is 2. The largest absolute Gasteiger partial charge is 0.870 e. The molecule has 1 aromatic carbocycles. The van der Waals surface area contributed by atoms with Crippen LogP contribution in [0.1, 0.15) is 40.6 Å². The fourth-order valence-corrected chi connectivity index (χ4v) is 3.84. The second-order valence-electron chi connectivity index (χ2n) is 8.10. The number of hydrogen-bond donors (Lipinski definition) is 0. The van der Waals surface area contributed by atoms with Gasteiger partial charge in [-0.15, -0.1) is 0 Å². The van der Waals surface area contributed by atoms with Crippen LogP contribution in [0, 0.1) is 5.92 Å². The normalized spacial score (nSPS) is 13.4. The number of benzene rings is 1. The van der Waals surface area contributed by atoms with Crippen molar-refractivity contribution in [2.24, 2.45) is 5.92 Å². The molecule has 2 aromatic heterocycles. The van der Waals surface area contributed by atoms with E-state index in [1.54, 1.807) is 0 Å². The lowest BCUT2D eigenvalue weighted by molar-refractivity contribution is -0.377. The molecule has 0 aliphatic heterocycles. The van der Waals surface area contributed by atoms with Gasteiger partial charge in [0.1, 0.15) is 22.4 Å². The van der Waals surface area contributed by atoms with E-state index in [1.807, 2.05) is 0 Å². The molecule has 14 heteroatoms. The molecule has 0 amide bonds. The number of carbonyl (C=O) groups is 2. The highest BCUT2D eigenvalue weighted by Gasteiger charge is 2.26. The van der Waals surface area contributed by atoms with Crippen LogP contribution in [-0.4, -0.2) is 42.2 Å². The molecule has 2 N–H and O–H groups in total. The van der Waals surface area contributed by atoms with Crippen LogP contribution in [0.4, 0.5) is 8.78 Å². The maximum atomic E-state index is 12.9. The minimum absolute atomic E-state index is 0. The summed E-state index contributed by atoms with van der Waals surface area (Å²) in [5.41, 5.74) is 0.743. The molecule has 1 fully saturated rings. The van der Waals surface area contributed by atoms with Crippen molar-refractivity contribution in [1.29, 1.82) is 0 Å². The van der Waals surface area contributed by atoms with E-state index in [2.05, 4.69) is 14.7 Å². The minimum Gasteiger partial charge on any atom is -0.870 e. The van der Waals surface area contributed by atoms with E-state index in [0.29, 0.717) is 23.7 Å². The third kappa shape index (κ3) is 8.01. The number of oxazole rings is 1. The number of rotatable bonds is 12. The number of hydrogen-bond acceptors (Lipinski definition) is 9. The van der Waals surface area contributed by atoms with E-state index in [4.69, 9.17) is 41.8 Å². The van der Waals surface area contributed by atoms with Crippen molar-refractivity contribution in [1.82, 2.24) is 4.98 Å². The lowest BCUT2D eigenvalue weighted by Crippen LogP contribution is -2.21. The number of pyridine rings is 1. The van der Waals surface area contributed by atoms with Crippen LogP contribution in [0.3, 0.4) is 0 Å². The average molecular weight is 575 g/mol. The molecular formula is C24H22Cl2F2N2O8. The highest BCUT2D eigenvalue weighted by Crippen LogP contribution is 2.37. The van der Waals surface area contributed by atoms with Crippen molar-refractivity contribution < 1.29 is 52.2 Å². The van der Waals surface area contributed by atoms with E-state index in [1.165, 1.54) is 30.6 Å². The maximum absolute atomic E-state index is 12.9. The molecule has 0 unspecified atom stereocenters. The van der Waals surface area contributed by atoms with Gasteiger partial charge in [-0.1, -0.05) is 29.3 Å². The number of aromatic amines is 1. The zero-order valence-corrected chi connectivity index (χ0v) is 21.1. The van der Waals surface area contributed by atoms with Gasteiger partial charge in [0, 0.05) is 12.0 Å². The molecule has 1 atom stereocenters. The van der Waals surface area contributed by atoms with Gasteiger partial charge in [-0.25, -0.2) is 19.6 Å². The number of H-pyrrole nitrogens is 1. The zero-order chi connectivity index (χ0) is 26.4. The Balaban J connectivity index is 0.00000400. The van der Waals surface area contributed by atoms with Gasteiger partial charge in [0.05, 0.1) is 6.61 Å². The molecule has 3 aromatic rings. The number of nitrogens with one attached hydrogen (secondary N) is 1. The van der Waals surface area contributed by atoms with E-state index in [-0.39, 0.29) is 39.1 Å². The fraction of sp³-hybridized carbons (Fsp3) is 0.333. The Morgan fingerprint density at radius 2 is 1.89 bits per heavy atom. The second kappa shape index (κ2) is 13.4. The van der Waals surface area contributed by atoms with Gasteiger partial charge in [0.15, 0.2) is 42.6 Å². The Labute approximate surface area is 225 Å². The summed E-state index contributed by atoms with van der Waals surface area (Å²) in [5.74, 6) is -1.51. The minimum atomic E-state index is -3.06. The van der Waals surface area contributed by atoms with Crippen molar-refractivity contribution in [3.05, 3.63) is 70.1 Å². The highest BCUT2D eigenvalue weighted by atomic mass is 35.5. The first kappa shape index (κ1) is 29.1. The van der Waals surface area contributed by atoms with Crippen molar-refractivity contribution in [2.45, 2.75) is 32.0 Å². The quantitative estimate of drug-likeness (QED) is 0.281. The van der Waals surface area contributed by atoms with Crippen molar-refractivity contribution in [2.75, 3.05) is 13.2 Å². The monoisotopic (exact) mass is 574 g/mol. The molecule has 4 rings (SSSR count). The molecule has 0 radical (unpaired) electrons. The van der Waals surface area contributed by atoms with Crippen LogP contribution in [-0.2, 0) is 20.7 Å². The predicted molar refractivity (Wildman–Crippen MR) is 126 cm³/mol. The highest BCUT2D eigenvalue weighted by molar-refractivity contribution is 6.35. The molecular weight excluding hydrogens is 553 g/mol. The number of carbonyl (C=O) groups excluding carboxylic acids is 2. The van der Waals surface area contributed by atoms with E-state index in [0.717, 1.165) is 25.5 Å². The first-order chi connectivity index (χ1) is 17.8. The maximum Gasteiger partial charge on any atom is 0.387 e. The summed E-state index contributed by atoms with van der Waals surface area (Å²) in [5, 5.41) is 0.572. The van der Waals surface area contributed by atoms with Crippen molar-refractivity contribution in [3.8, 4) is 11.5 Å². The molecule has 1 aliphatic carbocycles. The average Bonchev–Trinajstić information content (AvgIpc) is 3.53. The van der Waals surface area contributed by atoms with Crippen molar-refractivity contribution >= 4 is 35.1 Å². The first-order valence-corrected chi connectivity index (χ1v) is 11.9. The van der Waals surface area contributed by atoms with E-state index < -0.39 is 31.3 Å². The topological polar surface area (TPSA) is 141 Å². The Kier molecular flexibility index (Phi) is 10.2. The lowest BCUT2D eigenvalue weighted by Gasteiger charge is -2.21.